The average molecular weight is 256 g/mol. The predicted octanol–water partition coefficient (Wildman–Crippen LogP) is 0.740. The molecule has 1 unspecified atom stereocenters. The van der Waals surface area contributed by atoms with Crippen LogP contribution in [0.4, 0.5) is 0 Å². The third-order valence-electron chi connectivity index (χ3n) is 3.35. The number of carbonyl (C=O) groups is 2. The van der Waals surface area contributed by atoms with Gasteiger partial charge in [0.15, 0.2) is 0 Å². The molecule has 18 heavy (non-hydrogen) atoms. The van der Waals surface area contributed by atoms with E-state index in [9.17, 15) is 9.59 Å². The smallest absolute Gasteiger partial charge is 0.242 e. The van der Waals surface area contributed by atoms with Crippen molar-refractivity contribution < 1.29 is 14.3 Å². The van der Waals surface area contributed by atoms with E-state index in [1.54, 1.807) is 12.0 Å². The molecule has 1 atom stereocenters. The zero-order chi connectivity index (χ0) is 13.5. The third-order valence-corrected chi connectivity index (χ3v) is 3.35. The Morgan fingerprint density at radius 2 is 2.17 bits per heavy atom. The highest BCUT2D eigenvalue weighted by Crippen LogP contribution is 2.15. The quantitative estimate of drug-likeness (QED) is 0.729. The Hall–Kier alpha value is -1.10. The molecule has 1 aliphatic rings. The van der Waals surface area contributed by atoms with E-state index in [2.05, 4.69) is 6.92 Å². The fourth-order valence-electron chi connectivity index (χ4n) is 2.23. The molecule has 5 nitrogen and oxygen atoms in total. The molecule has 1 rings (SSSR count). The Kier molecular flexibility index (Phi) is 6.12. The molecule has 0 bridgehead atoms. The van der Waals surface area contributed by atoms with Crippen LogP contribution < -0.4 is 0 Å². The molecule has 1 heterocycles. The molecular formula is C13H24N2O3. The number of amides is 2. The second-order valence-corrected chi connectivity index (χ2v) is 5.02. The first-order chi connectivity index (χ1) is 8.54. The molecule has 0 aromatic rings. The molecule has 1 saturated heterocycles. The van der Waals surface area contributed by atoms with Crippen LogP contribution in [0.3, 0.4) is 0 Å². The number of likely N-dealkylation sites (tertiary alicyclic amines) is 1. The summed E-state index contributed by atoms with van der Waals surface area (Å²) in [6.45, 7) is 6.39. The van der Waals surface area contributed by atoms with E-state index in [4.69, 9.17) is 4.74 Å². The van der Waals surface area contributed by atoms with Crippen LogP contribution in [-0.4, -0.2) is 61.5 Å². The molecule has 1 fully saturated rings. The molecule has 0 radical (unpaired) electrons. The van der Waals surface area contributed by atoms with Crippen LogP contribution in [0.1, 0.15) is 26.7 Å². The van der Waals surface area contributed by atoms with Gasteiger partial charge in [-0.1, -0.05) is 6.92 Å². The van der Waals surface area contributed by atoms with Crippen molar-refractivity contribution in [1.82, 2.24) is 9.80 Å². The van der Waals surface area contributed by atoms with E-state index in [-0.39, 0.29) is 18.4 Å². The molecule has 0 aromatic carbocycles. The molecule has 0 saturated carbocycles. The van der Waals surface area contributed by atoms with Crippen molar-refractivity contribution in [3.05, 3.63) is 0 Å². The maximum absolute atomic E-state index is 12.1. The van der Waals surface area contributed by atoms with Gasteiger partial charge < -0.3 is 14.5 Å². The van der Waals surface area contributed by atoms with Gasteiger partial charge in [-0.15, -0.1) is 0 Å². The lowest BCUT2D eigenvalue weighted by Gasteiger charge is -2.32. The summed E-state index contributed by atoms with van der Waals surface area (Å²) in [4.78, 5) is 27.0. The van der Waals surface area contributed by atoms with E-state index < -0.39 is 0 Å². The van der Waals surface area contributed by atoms with Crippen LogP contribution in [0, 0.1) is 5.92 Å². The molecule has 1 aliphatic heterocycles. The van der Waals surface area contributed by atoms with Gasteiger partial charge in [0.1, 0.15) is 0 Å². The number of nitrogens with zero attached hydrogens (tertiary/aromatic N) is 2. The zero-order valence-corrected chi connectivity index (χ0v) is 11.6. The Bertz CT molecular complexity index is 294. The summed E-state index contributed by atoms with van der Waals surface area (Å²) in [6, 6.07) is 0. The fourth-order valence-corrected chi connectivity index (χ4v) is 2.23. The SMILES string of the molecule is COCCN(CC(=O)N1CCCC(C)C1)C(C)=O. The number of hydrogen-bond donors (Lipinski definition) is 0. The van der Waals surface area contributed by atoms with Crippen molar-refractivity contribution >= 4 is 11.8 Å². The van der Waals surface area contributed by atoms with Gasteiger partial charge in [-0.2, -0.15) is 0 Å². The van der Waals surface area contributed by atoms with Gasteiger partial charge >= 0.3 is 0 Å². The van der Waals surface area contributed by atoms with Crippen LogP contribution in [0.2, 0.25) is 0 Å². The summed E-state index contributed by atoms with van der Waals surface area (Å²) >= 11 is 0. The Morgan fingerprint density at radius 3 is 2.72 bits per heavy atom. The van der Waals surface area contributed by atoms with Crippen LogP contribution in [0.15, 0.2) is 0 Å². The number of ether oxygens (including phenoxy) is 1. The van der Waals surface area contributed by atoms with Gasteiger partial charge in [0, 0.05) is 33.7 Å². The molecule has 2 amide bonds. The second kappa shape index (κ2) is 7.36. The Balaban J connectivity index is 2.46. The minimum Gasteiger partial charge on any atom is -0.383 e. The van der Waals surface area contributed by atoms with E-state index in [0.717, 1.165) is 19.5 Å². The van der Waals surface area contributed by atoms with Crippen molar-refractivity contribution in [3.8, 4) is 0 Å². The lowest BCUT2D eigenvalue weighted by molar-refractivity contribution is -0.140. The number of piperidine rings is 1. The summed E-state index contributed by atoms with van der Waals surface area (Å²) in [5.74, 6) is 0.533. The first-order valence-corrected chi connectivity index (χ1v) is 6.56. The molecule has 5 heteroatoms. The molecule has 0 aliphatic carbocycles. The average Bonchev–Trinajstić information content (AvgIpc) is 2.33. The van der Waals surface area contributed by atoms with Gasteiger partial charge in [-0.3, -0.25) is 9.59 Å². The van der Waals surface area contributed by atoms with E-state index in [0.29, 0.717) is 19.1 Å². The minimum atomic E-state index is -0.0783. The summed E-state index contributed by atoms with van der Waals surface area (Å²) in [5, 5.41) is 0. The molecular weight excluding hydrogens is 232 g/mol. The maximum Gasteiger partial charge on any atom is 0.242 e. The molecule has 0 aromatic heterocycles. The summed E-state index contributed by atoms with van der Waals surface area (Å²) in [5.41, 5.74) is 0. The highest BCUT2D eigenvalue weighted by atomic mass is 16.5. The van der Waals surface area contributed by atoms with Crippen LogP contribution in [0.5, 0.6) is 0 Å². The summed E-state index contributed by atoms with van der Waals surface area (Å²) in [7, 11) is 1.59. The van der Waals surface area contributed by atoms with Crippen LogP contribution >= 0.6 is 0 Å². The topological polar surface area (TPSA) is 49.9 Å². The van der Waals surface area contributed by atoms with Crippen molar-refractivity contribution in [2.24, 2.45) is 5.92 Å². The Labute approximate surface area is 109 Å². The van der Waals surface area contributed by atoms with E-state index >= 15 is 0 Å². The fraction of sp³-hybridized carbons (Fsp3) is 0.846. The van der Waals surface area contributed by atoms with Crippen molar-refractivity contribution in [1.29, 1.82) is 0 Å². The maximum atomic E-state index is 12.1. The van der Waals surface area contributed by atoms with Crippen LogP contribution in [0.25, 0.3) is 0 Å². The van der Waals surface area contributed by atoms with Gasteiger partial charge in [0.25, 0.3) is 0 Å². The first kappa shape index (κ1) is 15.0. The number of hydrogen-bond acceptors (Lipinski definition) is 3. The van der Waals surface area contributed by atoms with Gasteiger partial charge in [0.05, 0.1) is 13.2 Å². The normalized spacial score (nSPS) is 19.7. The predicted molar refractivity (Wildman–Crippen MR) is 69.1 cm³/mol. The largest absolute Gasteiger partial charge is 0.383 e. The number of rotatable bonds is 5. The molecule has 0 spiro atoms. The highest BCUT2D eigenvalue weighted by Gasteiger charge is 2.23. The zero-order valence-electron chi connectivity index (χ0n) is 11.6. The highest BCUT2D eigenvalue weighted by molar-refractivity contribution is 5.83. The minimum absolute atomic E-state index is 0.0489. The third kappa shape index (κ3) is 4.64. The van der Waals surface area contributed by atoms with Gasteiger partial charge in [-0.05, 0) is 18.8 Å². The van der Waals surface area contributed by atoms with Crippen molar-refractivity contribution in [3.63, 3.8) is 0 Å². The van der Waals surface area contributed by atoms with Gasteiger partial charge in [-0.25, -0.2) is 0 Å². The second-order valence-electron chi connectivity index (χ2n) is 5.02. The van der Waals surface area contributed by atoms with E-state index in [1.165, 1.54) is 13.3 Å². The Morgan fingerprint density at radius 1 is 1.44 bits per heavy atom. The van der Waals surface area contributed by atoms with Crippen LogP contribution in [-0.2, 0) is 14.3 Å². The van der Waals surface area contributed by atoms with Crippen molar-refractivity contribution in [2.75, 3.05) is 39.9 Å². The van der Waals surface area contributed by atoms with E-state index in [1.807, 2.05) is 4.90 Å². The van der Waals surface area contributed by atoms with Gasteiger partial charge in [0.2, 0.25) is 11.8 Å². The number of methoxy groups -OCH3 is 1. The summed E-state index contributed by atoms with van der Waals surface area (Å²) in [6.07, 6.45) is 2.24. The monoisotopic (exact) mass is 256 g/mol. The lowest BCUT2D eigenvalue weighted by Crippen LogP contribution is -2.46. The van der Waals surface area contributed by atoms with Crippen molar-refractivity contribution in [2.45, 2.75) is 26.7 Å². The first-order valence-electron chi connectivity index (χ1n) is 6.56. The molecule has 104 valence electrons. The molecule has 0 N–H and O–H groups in total. The summed E-state index contributed by atoms with van der Waals surface area (Å²) < 4.78 is 4.95. The number of carbonyl (C=O) groups excluding carboxylic acids is 2. The standard InChI is InChI=1S/C13H24N2O3/c1-11-5-4-6-15(9-11)13(17)10-14(12(2)16)7-8-18-3/h11H,4-10H2,1-3H3. The lowest BCUT2D eigenvalue weighted by atomic mass is 10.0.